The Morgan fingerprint density at radius 1 is 1.48 bits per heavy atom. The van der Waals surface area contributed by atoms with Gasteiger partial charge in [-0.15, -0.1) is 6.58 Å². The van der Waals surface area contributed by atoms with Gasteiger partial charge in [-0.05, 0) is 18.6 Å². The molecule has 0 fully saturated rings. The molecule has 1 unspecified atom stereocenters. The number of carbonyl (C=O) groups excluding carboxylic acids is 1. The molecule has 0 bridgehead atoms. The molecule has 2 aromatic rings. The first-order chi connectivity index (χ1) is 10.0. The number of carbonyl (C=O) groups is 1. The number of fused-ring (bicyclic) bond motifs is 1. The largest absolute Gasteiger partial charge is 0.383 e. The summed E-state index contributed by atoms with van der Waals surface area (Å²) < 4.78 is 7.00. The molecule has 1 N–H and O–H groups in total. The van der Waals surface area contributed by atoms with Crippen LogP contribution in [0.2, 0.25) is 0 Å². The van der Waals surface area contributed by atoms with Crippen molar-refractivity contribution in [1.82, 2.24) is 4.57 Å². The van der Waals surface area contributed by atoms with E-state index in [2.05, 4.69) is 13.2 Å². The summed E-state index contributed by atoms with van der Waals surface area (Å²) in [5.41, 5.74) is 2.20. The van der Waals surface area contributed by atoms with Crippen molar-refractivity contribution < 1.29 is 14.6 Å². The van der Waals surface area contributed by atoms with Gasteiger partial charge >= 0.3 is 0 Å². The van der Waals surface area contributed by atoms with E-state index in [0.717, 1.165) is 10.9 Å². The molecule has 0 radical (unpaired) electrons. The summed E-state index contributed by atoms with van der Waals surface area (Å²) >= 11 is 0. The summed E-state index contributed by atoms with van der Waals surface area (Å²) in [6.07, 6.45) is 0.445. The standard InChI is InChI=1S/C17H19NO3/c1-5-14(19)16-15(17(20)11(2)3)12-8-6-7-9-13(12)18(16)10-21-4/h5-9,14,19H,1-2,10H2,3-4H3. The molecule has 0 aliphatic heterocycles. The fraction of sp³-hybridized carbons (Fsp3) is 0.235. The lowest BCUT2D eigenvalue weighted by Crippen LogP contribution is -2.12. The van der Waals surface area contributed by atoms with E-state index in [-0.39, 0.29) is 12.5 Å². The lowest BCUT2D eigenvalue weighted by atomic mass is 10.00. The molecule has 1 aromatic carbocycles. The lowest BCUT2D eigenvalue weighted by Gasteiger charge is -2.14. The van der Waals surface area contributed by atoms with Gasteiger partial charge in [0, 0.05) is 12.5 Å². The number of aliphatic hydroxyl groups excluding tert-OH is 1. The van der Waals surface area contributed by atoms with Crippen molar-refractivity contribution in [3.63, 3.8) is 0 Å². The number of aromatic nitrogens is 1. The highest BCUT2D eigenvalue weighted by molar-refractivity contribution is 6.17. The van der Waals surface area contributed by atoms with Crippen LogP contribution in [0.3, 0.4) is 0 Å². The second-order valence-corrected chi connectivity index (χ2v) is 4.91. The Labute approximate surface area is 124 Å². The summed E-state index contributed by atoms with van der Waals surface area (Å²) in [6, 6.07) is 7.49. The van der Waals surface area contributed by atoms with Crippen molar-refractivity contribution in [2.45, 2.75) is 19.8 Å². The van der Waals surface area contributed by atoms with Gasteiger partial charge in [-0.1, -0.05) is 30.9 Å². The molecular weight excluding hydrogens is 266 g/mol. The summed E-state index contributed by atoms with van der Waals surface area (Å²) in [4.78, 5) is 12.5. The van der Waals surface area contributed by atoms with Gasteiger partial charge in [0.05, 0.1) is 16.8 Å². The molecule has 0 aliphatic carbocycles. The van der Waals surface area contributed by atoms with Gasteiger partial charge in [0.25, 0.3) is 0 Å². The number of aliphatic hydroxyl groups is 1. The van der Waals surface area contributed by atoms with Crippen LogP contribution < -0.4 is 0 Å². The van der Waals surface area contributed by atoms with E-state index in [0.29, 0.717) is 16.8 Å². The molecule has 110 valence electrons. The van der Waals surface area contributed by atoms with Crippen LogP contribution in [0, 0.1) is 0 Å². The predicted molar refractivity (Wildman–Crippen MR) is 83.2 cm³/mol. The molecule has 2 rings (SSSR count). The Bertz CT molecular complexity index is 712. The topological polar surface area (TPSA) is 51.5 Å². The second kappa shape index (κ2) is 6.08. The maximum atomic E-state index is 12.5. The quantitative estimate of drug-likeness (QED) is 0.503. The number of nitrogens with zero attached hydrogens (tertiary/aromatic N) is 1. The van der Waals surface area contributed by atoms with E-state index in [9.17, 15) is 9.90 Å². The van der Waals surface area contributed by atoms with E-state index in [1.54, 1.807) is 18.6 Å². The van der Waals surface area contributed by atoms with Crippen LogP contribution in [0.25, 0.3) is 10.9 Å². The molecule has 1 aromatic heterocycles. The third-order valence-corrected chi connectivity index (χ3v) is 3.39. The van der Waals surface area contributed by atoms with Crippen molar-refractivity contribution in [2.75, 3.05) is 7.11 Å². The fourth-order valence-electron chi connectivity index (χ4n) is 2.46. The Hall–Kier alpha value is -2.17. The average Bonchev–Trinajstić information content (AvgIpc) is 2.80. The zero-order valence-corrected chi connectivity index (χ0v) is 12.3. The number of para-hydroxylation sites is 1. The second-order valence-electron chi connectivity index (χ2n) is 4.91. The lowest BCUT2D eigenvalue weighted by molar-refractivity contribution is 0.102. The predicted octanol–water partition coefficient (Wildman–Crippen LogP) is 3.22. The van der Waals surface area contributed by atoms with Crippen LogP contribution in [0.5, 0.6) is 0 Å². The van der Waals surface area contributed by atoms with Gasteiger partial charge in [0.15, 0.2) is 5.78 Å². The third kappa shape index (κ3) is 2.55. The van der Waals surface area contributed by atoms with E-state index in [1.807, 2.05) is 24.3 Å². The smallest absolute Gasteiger partial charge is 0.190 e. The first kappa shape index (κ1) is 15.2. The van der Waals surface area contributed by atoms with E-state index < -0.39 is 6.10 Å². The number of Topliss-reactive ketones (excluding diaryl/α,β-unsaturated/α-hetero) is 1. The zero-order chi connectivity index (χ0) is 15.6. The van der Waals surface area contributed by atoms with Crippen LogP contribution in [0.4, 0.5) is 0 Å². The summed E-state index contributed by atoms with van der Waals surface area (Å²) in [5.74, 6) is -0.183. The summed E-state index contributed by atoms with van der Waals surface area (Å²) in [7, 11) is 1.57. The van der Waals surface area contributed by atoms with Gasteiger partial charge in [-0.25, -0.2) is 0 Å². The Morgan fingerprint density at radius 3 is 2.71 bits per heavy atom. The van der Waals surface area contributed by atoms with Crippen LogP contribution in [0.1, 0.15) is 29.1 Å². The minimum Gasteiger partial charge on any atom is -0.383 e. The molecule has 0 spiro atoms. The van der Waals surface area contributed by atoms with Crippen molar-refractivity contribution >= 4 is 16.7 Å². The highest BCUT2D eigenvalue weighted by atomic mass is 16.5. The van der Waals surface area contributed by atoms with Crippen LogP contribution in [-0.4, -0.2) is 22.6 Å². The molecule has 1 atom stereocenters. The number of benzene rings is 1. The van der Waals surface area contributed by atoms with Crippen molar-refractivity contribution in [3.05, 3.63) is 60.3 Å². The Balaban J connectivity index is 2.88. The monoisotopic (exact) mass is 285 g/mol. The van der Waals surface area contributed by atoms with Crippen LogP contribution in [-0.2, 0) is 11.5 Å². The van der Waals surface area contributed by atoms with Crippen LogP contribution in [0.15, 0.2) is 49.1 Å². The Morgan fingerprint density at radius 2 is 2.14 bits per heavy atom. The molecule has 0 saturated carbocycles. The number of rotatable bonds is 6. The van der Waals surface area contributed by atoms with Gasteiger partial charge in [0.2, 0.25) is 0 Å². The number of hydrogen-bond donors (Lipinski definition) is 1. The number of methoxy groups -OCH3 is 1. The molecule has 0 saturated heterocycles. The Kier molecular flexibility index (Phi) is 4.40. The number of hydrogen-bond acceptors (Lipinski definition) is 3. The maximum absolute atomic E-state index is 12.5. The van der Waals surface area contributed by atoms with E-state index in [1.165, 1.54) is 6.08 Å². The minimum absolute atomic E-state index is 0.183. The first-order valence-electron chi connectivity index (χ1n) is 6.63. The van der Waals surface area contributed by atoms with E-state index >= 15 is 0 Å². The van der Waals surface area contributed by atoms with Crippen LogP contribution >= 0.6 is 0 Å². The molecule has 4 nitrogen and oxygen atoms in total. The van der Waals surface area contributed by atoms with Crippen molar-refractivity contribution in [1.29, 1.82) is 0 Å². The SMILES string of the molecule is C=CC(O)c1c(C(=O)C(=C)C)c2ccccc2n1COC. The normalized spacial score (nSPS) is 12.3. The zero-order valence-electron chi connectivity index (χ0n) is 12.3. The van der Waals surface area contributed by atoms with Gasteiger partial charge in [-0.2, -0.15) is 0 Å². The van der Waals surface area contributed by atoms with Gasteiger partial charge < -0.3 is 14.4 Å². The summed E-state index contributed by atoms with van der Waals surface area (Å²) in [6.45, 7) is 9.24. The fourth-order valence-corrected chi connectivity index (χ4v) is 2.46. The molecule has 21 heavy (non-hydrogen) atoms. The molecule has 4 heteroatoms. The molecule has 0 aliphatic rings. The summed E-state index contributed by atoms with van der Waals surface area (Å²) in [5, 5.41) is 11.0. The highest BCUT2D eigenvalue weighted by Crippen LogP contribution is 2.32. The highest BCUT2D eigenvalue weighted by Gasteiger charge is 2.25. The molecular formula is C17H19NO3. The first-order valence-corrected chi connectivity index (χ1v) is 6.63. The maximum Gasteiger partial charge on any atom is 0.190 e. The van der Waals surface area contributed by atoms with Gasteiger partial charge in [0.1, 0.15) is 12.8 Å². The minimum atomic E-state index is -0.953. The third-order valence-electron chi connectivity index (χ3n) is 3.39. The number of ketones is 1. The van der Waals surface area contributed by atoms with Crippen molar-refractivity contribution in [3.8, 4) is 0 Å². The van der Waals surface area contributed by atoms with E-state index in [4.69, 9.17) is 4.74 Å². The number of ether oxygens (including phenoxy) is 1. The molecule has 0 amide bonds. The number of allylic oxidation sites excluding steroid dienone is 1. The van der Waals surface area contributed by atoms with Crippen molar-refractivity contribution in [2.24, 2.45) is 0 Å². The molecule has 1 heterocycles. The van der Waals surface area contributed by atoms with Gasteiger partial charge in [-0.3, -0.25) is 4.79 Å². The average molecular weight is 285 g/mol.